The van der Waals surface area contributed by atoms with Crippen LogP contribution in [-0.4, -0.2) is 17.2 Å². The lowest BCUT2D eigenvalue weighted by molar-refractivity contribution is 0.159. The van der Waals surface area contributed by atoms with Gasteiger partial charge in [0.05, 0.1) is 6.10 Å². The Balaban J connectivity index is 1.73. The molecule has 2 aromatic carbocycles. The molecule has 0 radical (unpaired) electrons. The lowest BCUT2D eigenvalue weighted by Crippen LogP contribution is -2.24. The van der Waals surface area contributed by atoms with Gasteiger partial charge in [-0.2, -0.15) is 0 Å². The number of carbonyl (C=O) groups excluding carboxylic acids is 1. The Morgan fingerprint density at radius 3 is 2.68 bits per heavy atom. The number of hydrogen-bond donors (Lipinski definition) is 3. The van der Waals surface area contributed by atoms with Crippen LogP contribution in [0, 0.1) is 0 Å². The standard InChI is InChI=1S/C17H17BrN2O2/c18-12-5-7-13(8-6-12)19-17(22)20-16-3-1-2-11-4-9-14(21)10-15(11)16/h1-3,5-8,14,21H,4,9-10H2,(H2,19,20,22)/t14-/m0/s1. The van der Waals surface area contributed by atoms with Crippen LogP contribution in [0.2, 0.25) is 0 Å². The molecule has 0 saturated heterocycles. The maximum atomic E-state index is 12.1. The number of halogens is 1. The summed E-state index contributed by atoms with van der Waals surface area (Å²) >= 11 is 3.36. The Morgan fingerprint density at radius 1 is 1.14 bits per heavy atom. The summed E-state index contributed by atoms with van der Waals surface area (Å²) in [5.41, 5.74) is 3.73. The van der Waals surface area contributed by atoms with Crippen molar-refractivity contribution in [2.45, 2.75) is 25.4 Å². The molecular formula is C17H17BrN2O2. The van der Waals surface area contributed by atoms with Crippen LogP contribution in [0.1, 0.15) is 17.5 Å². The first-order valence-electron chi connectivity index (χ1n) is 7.24. The van der Waals surface area contributed by atoms with Crippen LogP contribution < -0.4 is 10.6 Å². The minimum Gasteiger partial charge on any atom is -0.393 e. The fourth-order valence-electron chi connectivity index (χ4n) is 2.70. The summed E-state index contributed by atoms with van der Waals surface area (Å²) in [4.78, 5) is 12.1. The minimum atomic E-state index is -0.329. The van der Waals surface area contributed by atoms with Gasteiger partial charge in [-0.05, 0) is 54.3 Å². The molecule has 0 unspecified atom stereocenters. The van der Waals surface area contributed by atoms with Gasteiger partial charge in [-0.1, -0.05) is 28.1 Å². The predicted octanol–water partition coefficient (Wildman–Crippen LogP) is 3.94. The van der Waals surface area contributed by atoms with Crippen molar-refractivity contribution in [2.24, 2.45) is 0 Å². The average Bonchev–Trinajstić information content (AvgIpc) is 2.50. The van der Waals surface area contributed by atoms with Gasteiger partial charge in [0, 0.05) is 22.3 Å². The zero-order valence-electron chi connectivity index (χ0n) is 12.0. The van der Waals surface area contributed by atoms with Crippen LogP contribution in [0.3, 0.4) is 0 Å². The molecular weight excluding hydrogens is 344 g/mol. The molecule has 1 aliphatic rings. The highest BCUT2D eigenvalue weighted by Crippen LogP contribution is 2.28. The first kappa shape index (κ1) is 15.1. The van der Waals surface area contributed by atoms with E-state index in [-0.39, 0.29) is 12.1 Å². The molecule has 0 saturated carbocycles. The number of benzene rings is 2. The van der Waals surface area contributed by atoms with Crippen molar-refractivity contribution in [3.8, 4) is 0 Å². The van der Waals surface area contributed by atoms with Gasteiger partial charge in [-0.3, -0.25) is 0 Å². The maximum absolute atomic E-state index is 12.1. The van der Waals surface area contributed by atoms with Crippen molar-refractivity contribution in [3.05, 3.63) is 58.1 Å². The zero-order chi connectivity index (χ0) is 15.5. The molecule has 22 heavy (non-hydrogen) atoms. The molecule has 2 aromatic rings. The number of aliphatic hydroxyl groups is 1. The molecule has 4 nitrogen and oxygen atoms in total. The van der Waals surface area contributed by atoms with E-state index in [1.54, 1.807) is 0 Å². The lowest BCUT2D eigenvalue weighted by Gasteiger charge is -2.23. The number of carbonyl (C=O) groups is 1. The second kappa shape index (κ2) is 6.50. The van der Waals surface area contributed by atoms with Gasteiger partial charge in [0.1, 0.15) is 0 Å². The highest BCUT2D eigenvalue weighted by atomic mass is 79.9. The summed E-state index contributed by atoms with van der Waals surface area (Å²) < 4.78 is 0.963. The third-order valence-electron chi connectivity index (χ3n) is 3.81. The number of hydrogen-bond acceptors (Lipinski definition) is 2. The monoisotopic (exact) mass is 360 g/mol. The molecule has 1 atom stereocenters. The summed E-state index contributed by atoms with van der Waals surface area (Å²) in [6.07, 6.45) is 1.89. The second-order valence-electron chi connectivity index (χ2n) is 5.43. The molecule has 0 aliphatic heterocycles. The lowest BCUT2D eigenvalue weighted by atomic mass is 9.88. The highest BCUT2D eigenvalue weighted by molar-refractivity contribution is 9.10. The minimum absolute atomic E-state index is 0.282. The number of rotatable bonds is 2. The Labute approximate surface area is 137 Å². The van der Waals surface area contributed by atoms with Crippen LogP contribution >= 0.6 is 15.9 Å². The predicted molar refractivity (Wildman–Crippen MR) is 91.3 cm³/mol. The number of aliphatic hydroxyl groups excluding tert-OH is 1. The van der Waals surface area contributed by atoms with E-state index >= 15 is 0 Å². The molecule has 1 aliphatic carbocycles. The molecule has 0 bridgehead atoms. The smallest absolute Gasteiger partial charge is 0.323 e. The van der Waals surface area contributed by atoms with Gasteiger partial charge in [0.2, 0.25) is 0 Å². The largest absolute Gasteiger partial charge is 0.393 e. The molecule has 5 heteroatoms. The summed E-state index contributed by atoms with van der Waals surface area (Å²) in [5.74, 6) is 0. The fourth-order valence-corrected chi connectivity index (χ4v) is 2.97. The molecule has 3 N–H and O–H groups in total. The first-order valence-corrected chi connectivity index (χ1v) is 8.03. The molecule has 114 valence electrons. The Morgan fingerprint density at radius 2 is 1.91 bits per heavy atom. The van der Waals surface area contributed by atoms with Crippen molar-refractivity contribution in [2.75, 3.05) is 10.6 Å². The number of nitrogens with one attached hydrogen (secondary N) is 2. The molecule has 0 fully saturated rings. The normalized spacial score (nSPS) is 16.7. The Hall–Kier alpha value is -1.85. The van der Waals surface area contributed by atoms with Crippen LogP contribution in [0.5, 0.6) is 0 Å². The van der Waals surface area contributed by atoms with E-state index in [4.69, 9.17) is 0 Å². The van der Waals surface area contributed by atoms with Crippen molar-refractivity contribution in [1.29, 1.82) is 0 Å². The number of aryl methyl sites for hydroxylation is 1. The fraction of sp³-hybridized carbons (Fsp3) is 0.235. The van der Waals surface area contributed by atoms with E-state index in [2.05, 4.69) is 32.6 Å². The van der Waals surface area contributed by atoms with Crippen LogP contribution in [0.4, 0.5) is 16.2 Å². The molecule has 3 rings (SSSR count). The van der Waals surface area contributed by atoms with Crippen LogP contribution in [0.25, 0.3) is 0 Å². The maximum Gasteiger partial charge on any atom is 0.323 e. The van der Waals surface area contributed by atoms with E-state index in [9.17, 15) is 9.90 Å². The summed E-state index contributed by atoms with van der Waals surface area (Å²) in [5, 5.41) is 15.5. The van der Waals surface area contributed by atoms with Gasteiger partial charge < -0.3 is 15.7 Å². The quantitative estimate of drug-likeness (QED) is 0.759. The summed E-state index contributed by atoms with van der Waals surface area (Å²) in [7, 11) is 0. The van der Waals surface area contributed by atoms with Crippen molar-refractivity contribution in [1.82, 2.24) is 0 Å². The van der Waals surface area contributed by atoms with E-state index in [0.29, 0.717) is 6.42 Å². The first-order chi connectivity index (χ1) is 10.6. The molecule has 0 heterocycles. The number of fused-ring (bicyclic) bond motifs is 1. The Bertz CT molecular complexity index is 686. The van der Waals surface area contributed by atoms with Crippen molar-refractivity contribution in [3.63, 3.8) is 0 Å². The number of anilines is 2. The molecule has 0 spiro atoms. The van der Waals surface area contributed by atoms with Crippen LogP contribution in [-0.2, 0) is 12.8 Å². The second-order valence-corrected chi connectivity index (χ2v) is 6.34. The van der Waals surface area contributed by atoms with E-state index in [1.165, 1.54) is 5.56 Å². The van der Waals surface area contributed by atoms with Gasteiger partial charge in [-0.25, -0.2) is 4.79 Å². The van der Waals surface area contributed by atoms with Gasteiger partial charge in [-0.15, -0.1) is 0 Å². The van der Waals surface area contributed by atoms with Gasteiger partial charge in [0.25, 0.3) is 0 Å². The third kappa shape index (κ3) is 3.48. The van der Waals surface area contributed by atoms with Gasteiger partial charge >= 0.3 is 6.03 Å². The summed E-state index contributed by atoms with van der Waals surface area (Å²) in [6.45, 7) is 0. The Kier molecular flexibility index (Phi) is 4.45. The number of amides is 2. The van der Waals surface area contributed by atoms with Crippen LogP contribution in [0.15, 0.2) is 46.9 Å². The summed E-state index contributed by atoms with van der Waals surface area (Å²) in [6, 6.07) is 13.0. The molecule has 2 amide bonds. The van der Waals surface area contributed by atoms with Crippen molar-refractivity contribution >= 4 is 33.3 Å². The third-order valence-corrected chi connectivity index (χ3v) is 4.34. The highest BCUT2D eigenvalue weighted by Gasteiger charge is 2.19. The topological polar surface area (TPSA) is 61.4 Å². The van der Waals surface area contributed by atoms with E-state index in [0.717, 1.165) is 34.3 Å². The van der Waals surface area contributed by atoms with Gasteiger partial charge in [0.15, 0.2) is 0 Å². The van der Waals surface area contributed by atoms with E-state index in [1.807, 2.05) is 36.4 Å². The zero-order valence-corrected chi connectivity index (χ0v) is 13.6. The van der Waals surface area contributed by atoms with E-state index < -0.39 is 0 Å². The number of urea groups is 1. The SMILES string of the molecule is O=C(Nc1ccc(Br)cc1)Nc1cccc2c1C[C@@H](O)CC2. The average molecular weight is 361 g/mol. The van der Waals surface area contributed by atoms with Crippen molar-refractivity contribution < 1.29 is 9.90 Å². The molecule has 0 aromatic heterocycles.